The van der Waals surface area contributed by atoms with Gasteiger partial charge in [-0.25, -0.2) is 5.53 Å². The second-order valence-electron chi connectivity index (χ2n) is 6.65. The molecule has 0 bridgehead atoms. The molecule has 0 radical (unpaired) electrons. The summed E-state index contributed by atoms with van der Waals surface area (Å²) in [5.41, 5.74) is 11.9. The van der Waals surface area contributed by atoms with Crippen molar-refractivity contribution in [3.63, 3.8) is 0 Å². The lowest BCUT2D eigenvalue weighted by molar-refractivity contribution is -0.138. The number of likely N-dealkylation sites (tertiary alicyclic amines) is 1. The Balaban J connectivity index is 1.73. The average Bonchev–Trinajstić information content (AvgIpc) is 3.14. The summed E-state index contributed by atoms with van der Waals surface area (Å²) in [5, 5.41) is 3.12. The van der Waals surface area contributed by atoms with Crippen molar-refractivity contribution in [2.24, 2.45) is 22.7 Å². The molecule has 1 aliphatic heterocycles. The highest BCUT2D eigenvalue weighted by molar-refractivity contribution is 5.93. The molecule has 1 aromatic carbocycles. The Kier molecular flexibility index (Phi) is 4.53. The van der Waals surface area contributed by atoms with E-state index in [0.29, 0.717) is 31.5 Å². The average molecular weight is 352 g/mol. The van der Waals surface area contributed by atoms with Crippen LogP contribution in [0.15, 0.2) is 41.3 Å². The Hall–Kier alpha value is -2.38. The fourth-order valence-corrected chi connectivity index (χ4v) is 4.15. The van der Waals surface area contributed by atoms with Crippen molar-refractivity contribution in [1.29, 1.82) is 5.53 Å². The van der Waals surface area contributed by atoms with Crippen LogP contribution >= 0.6 is 0 Å². The number of nitrogens with zero attached hydrogens (tertiary/aromatic N) is 2. The summed E-state index contributed by atoms with van der Waals surface area (Å²) in [6.45, 7) is 0.947. The van der Waals surface area contributed by atoms with Crippen LogP contribution in [0.5, 0.6) is 0 Å². The predicted molar refractivity (Wildman–Crippen MR) is 84.4 cm³/mol. The maximum atomic E-state index is 13.2. The SMILES string of the molecule is N=N/C(=C\N)C(=O)N1C[C@H]2C[C@@H](c3ccccc3C(F)(F)F)C[C@H]2C1. The Morgan fingerprint density at radius 2 is 1.84 bits per heavy atom. The van der Waals surface area contributed by atoms with Gasteiger partial charge in [0, 0.05) is 19.3 Å². The number of halogens is 3. The number of carbonyl (C=O) groups excluding carboxylic acids is 1. The van der Waals surface area contributed by atoms with E-state index in [4.69, 9.17) is 11.3 Å². The van der Waals surface area contributed by atoms with Gasteiger partial charge < -0.3 is 10.6 Å². The number of alkyl halides is 3. The van der Waals surface area contributed by atoms with Gasteiger partial charge in [0.1, 0.15) is 0 Å². The van der Waals surface area contributed by atoms with Crippen LogP contribution in [0.25, 0.3) is 0 Å². The molecule has 25 heavy (non-hydrogen) atoms. The van der Waals surface area contributed by atoms with Crippen LogP contribution in [-0.2, 0) is 11.0 Å². The number of rotatable bonds is 3. The third-order valence-corrected chi connectivity index (χ3v) is 5.24. The first kappa shape index (κ1) is 17.4. The van der Waals surface area contributed by atoms with Crippen LogP contribution in [0.3, 0.4) is 0 Å². The van der Waals surface area contributed by atoms with Gasteiger partial charge in [-0.05, 0) is 42.2 Å². The van der Waals surface area contributed by atoms with E-state index in [-0.39, 0.29) is 29.4 Å². The number of hydrogen-bond acceptors (Lipinski definition) is 4. The maximum absolute atomic E-state index is 13.2. The van der Waals surface area contributed by atoms with Gasteiger partial charge in [-0.2, -0.15) is 18.3 Å². The van der Waals surface area contributed by atoms with Crippen molar-refractivity contribution in [1.82, 2.24) is 4.90 Å². The minimum Gasteiger partial charge on any atom is -0.403 e. The highest BCUT2D eigenvalue weighted by atomic mass is 19.4. The molecule has 0 aromatic heterocycles. The molecule has 1 saturated heterocycles. The number of amides is 1. The Morgan fingerprint density at radius 3 is 2.36 bits per heavy atom. The lowest BCUT2D eigenvalue weighted by Crippen LogP contribution is -2.31. The van der Waals surface area contributed by atoms with Crippen LogP contribution in [0, 0.1) is 17.4 Å². The highest BCUT2D eigenvalue weighted by Crippen LogP contribution is 2.48. The van der Waals surface area contributed by atoms with E-state index in [2.05, 4.69) is 5.11 Å². The van der Waals surface area contributed by atoms with Gasteiger partial charge in [0.25, 0.3) is 5.91 Å². The number of carbonyl (C=O) groups is 1. The van der Waals surface area contributed by atoms with E-state index in [1.54, 1.807) is 17.0 Å². The number of nitrogens with two attached hydrogens (primary N) is 1. The molecule has 2 fully saturated rings. The molecule has 0 spiro atoms. The molecule has 134 valence electrons. The van der Waals surface area contributed by atoms with Gasteiger partial charge >= 0.3 is 6.18 Å². The van der Waals surface area contributed by atoms with Crippen molar-refractivity contribution >= 4 is 5.91 Å². The third-order valence-electron chi connectivity index (χ3n) is 5.24. The molecule has 1 aromatic rings. The second-order valence-corrected chi connectivity index (χ2v) is 6.65. The Bertz CT molecular complexity index is 702. The molecule has 1 aliphatic carbocycles. The minimum absolute atomic E-state index is 0.112. The van der Waals surface area contributed by atoms with E-state index in [0.717, 1.165) is 12.3 Å². The molecule has 3 rings (SSSR count). The van der Waals surface area contributed by atoms with Gasteiger partial charge in [0.2, 0.25) is 0 Å². The van der Waals surface area contributed by atoms with Gasteiger partial charge in [-0.15, -0.1) is 0 Å². The smallest absolute Gasteiger partial charge is 0.403 e. The van der Waals surface area contributed by atoms with Crippen molar-refractivity contribution in [3.05, 3.63) is 47.3 Å². The molecule has 1 heterocycles. The summed E-state index contributed by atoms with van der Waals surface area (Å²) in [6.07, 6.45) is -2.10. The van der Waals surface area contributed by atoms with Crippen molar-refractivity contribution in [2.75, 3.05) is 13.1 Å². The van der Waals surface area contributed by atoms with Crippen LogP contribution < -0.4 is 5.73 Å². The summed E-state index contributed by atoms with van der Waals surface area (Å²) in [6, 6.07) is 5.75. The van der Waals surface area contributed by atoms with E-state index in [9.17, 15) is 18.0 Å². The molecule has 3 N–H and O–H groups in total. The minimum atomic E-state index is -4.35. The maximum Gasteiger partial charge on any atom is 0.416 e. The monoisotopic (exact) mass is 352 g/mol. The lowest BCUT2D eigenvalue weighted by Gasteiger charge is -2.21. The predicted octanol–water partition coefficient (Wildman–Crippen LogP) is 3.49. The molecule has 0 unspecified atom stereocenters. The normalized spacial score (nSPS) is 26.6. The first-order chi connectivity index (χ1) is 11.8. The molecule has 1 saturated carbocycles. The summed E-state index contributed by atoms with van der Waals surface area (Å²) in [4.78, 5) is 13.8. The molecular weight excluding hydrogens is 333 g/mol. The number of nitrogens with one attached hydrogen (secondary N) is 1. The van der Waals surface area contributed by atoms with E-state index >= 15 is 0 Å². The number of fused-ring (bicyclic) bond motifs is 1. The zero-order chi connectivity index (χ0) is 18.2. The van der Waals surface area contributed by atoms with E-state index in [1.807, 2.05) is 0 Å². The van der Waals surface area contributed by atoms with Crippen LogP contribution in [0.2, 0.25) is 0 Å². The molecular formula is C17H19F3N4O. The van der Waals surface area contributed by atoms with Gasteiger partial charge in [-0.1, -0.05) is 18.2 Å². The lowest BCUT2D eigenvalue weighted by atomic mass is 9.91. The molecule has 5 nitrogen and oxygen atoms in total. The summed E-state index contributed by atoms with van der Waals surface area (Å²) in [7, 11) is 0. The van der Waals surface area contributed by atoms with Crippen LogP contribution in [0.1, 0.15) is 29.9 Å². The first-order valence-corrected chi connectivity index (χ1v) is 8.10. The quantitative estimate of drug-likeness (QED) is 0.645. The topological polar surface area (TPSA) is 82.5 Å². The molecule has 3 atom stereocenters. The Morgan fingerprint density at radius 1 is 1.24 bits per heavy atom. The van der Waals surface area contributed by atoms with E-state index in [1.165, 1.54) is 6.07 Å². The zero-order valence-electron chi connectivity index (χ0n) is 13.5. The van der Waals surface area contributed by atoms with Gasteiger partial charge in [-0.3, -0.25) is 4.79 Å². The summed E-state index contributed by atoms with van der Waals surface area (Å²) >= 11 is 0. The van der Waals surface area contributed by atoms with Crippen LogP contribution in [0.4, 0.5) is 13.2 Å². The van der Waals surface area contributed by atoms with E-state index < -0.39 is 11.7 Å². The molecule has 2 aliphatic rings. The third kappa shape index (κ3) is 3.25. The largest absolute Gasteiger partial charge is 0.416 e. The summed E-state index contributed by atoms with van der Waals surface area (Å²) in [5.74, 6) is -0.199. The number of hydrogen-bond donors (Lipinski definition) is 2. The highest BCUT2D eigenvalue weighted by Gasteiger charge is 2.45. The fourth-order valence-electron chi connectivity index (χ4n) is 4.15. The Labute approximate surface area is 143 Å². The molecule has 1 amide bonds. The molecule has 8 heteroatoms. The standard InChI is InChI=1S/C17H19F3N4O/c18-17(19,20)14-4-2-1-3-13(14)10-5-11-8-24(9-12(11)6-10)16(25)15(7-21)23-22/h1-4,7,10-12,22H,5-6,8-9,21H2/b15-7-,23-22?/t10-,11-,12+. The van der Waals surface area contributed by atoms with Gasteiger partial charge in [0.05, 0.1) is 5.56 Å². The number of benzene rings is 1. The fraction of sp³-hybridized carbons (Fsp3) is 0.471. The van der Waals surface area contributed by atoms with Crippen molar-refractivity contribution in [3.8, 4) is 0 Å². The van der Waals surface area contributed by atoms with Gasteiger partial charge in [0.15, 0.2) is 5.70 Å². The van der Waals surface area contributed by atoms with Crippen molar-refractivity contribution < 1.29 is 18.0 Å². The van der Waals surface area contributed by atoms with Crippen molar-refractivity contribution in [2.45, 2.75) is 24.9 Å². The summed E-state index contributed by atoms with van der Waals surface area (Å²) < 4.78 is 39.7. The van der Waals surface area contributed by atoms with Crippen LogP contribution in [-0.4, -0.2) is 23.9 Å². The first-order valence-electron chi connectivity index (χ1n) is 8.10. The zero-order valence-corrected chi connectivity index (χ0v) is 13.5. The second kappa shape index (κ2) is 6.50.